The van der Waals surface area contributed by atoms with Gasteiger partial charge in [-0.25, -0.2) is 23.3 Å². The summed E-state index contributed by atoms with van der Waals surface area (Å²) in [6, 6.07) is 4.94. The lowest BCUT2D eigenvalue weighted by Crippen LogP contribution is -2.34. The number of sulfonamides is 1. The molecule has 0 bridgehead atoms. The molecular weight excluding hydrogens is 426 g/mol. The highest BCUT2D eigenvalue weighted by atomic mass is 79.9. The quantitative estimate of drug-likeness (QED) is 0.508. The smallest absolute Gasteiger partial charge is 0.326 e. The van der Waals surface area contributed by atoms with Crippen molar-refractivity contribution < 1.29 is 18.3 Å². The van der Waals surface area contributed by atoms with Crippen LogP contribution in [0.5, 0.6) is 0 Å². The van der Waals surface area contributed by atoms with E-state index in [1.807, 2.05) is 0 Å². The van der Waals surface area contributed by atoms with Gasteiger partial charge in [-0.15, -0.1) is 0 Å². The third-order valence-electron chi connectivity index (χ3n) is 3.41. The number of nitrogens with one attached hydrogen (secondary N) is 2. The van der Waals surface area contributed by atoms with Gasteiger partial charge in [-0.2, -0.15) is 4.98 Å². The van der Waals surface area contributed by atoms with Crippen molar-refractivity contribution in [1.82, 2.24) is 9.97 Å². The predicted molar refractivity (Wildman–Crippen MR) is 101 cm³/mol. The second-order valence-corrected chi connectivity index (χ2v) is 8.20. The van der Waals surface area contributed by atoms with Crippen LogP contribution in [0.25, 0.3) is 0 Å². The lowest BCUT2D eigenvalue weighted by Gasteiger charge is -2.19. The number of carbonyl (C=O) groups is 1. The van der Waals surface area contributed by atoms with Gasteiger partial charge in [-0.1, -0.05) is 13.8 Å². The Morgan fingerprint density at radius 3 is 2.38 bits per heavy atom. The molecule has 1 atom stereocenters. The molecule has 1 aromatic heterocycles. The van der Waals surface area contributed by atoms with Crippen LogP contribution in [0.15, 0.2) is 39.8 Å². The van der Waals surface area contributed by atoms with E-state index in [2.05, 4.69) is 36.5 Å². The first-order chi connectivity index (χ1) is 12.1. The molecule has 0 spiro atoms. The highest BCUT2D eigenvalue weighted by molar-refractivity contribution is 9.10. The number of anilines is 3. The van der Waals surface area contributed by atoms with Crippen molar-refractivity contribution in [1.29, 1.82) is 0 Å². The molecule has 0 aliphatic heterocycles. The number of hydrogen-bond acceptors (Lipinski definition) is 7. The molecule has 0 fully saturated rings. The van der Waals surface area contributed by atoms with E-state index in [0.717, 1.165) is 0 Å². The van der Waals surface area contributed by atoms with Gasteiger partial charge >= 0.3 is 5.97 Å². The summed E-state index contributed by atoms with van der Waals surface area (Å²) in [6.07, 6.45) is 1.48. The third-order valence-corrected chi connectivity index (χ3v) is 4.92. The standard InChI is InChI=1S/C15H18BrN5O4S/c1-8(2)12(14(22)23)20-13-11(16)7-18-15(21-13)19-9-3-5-10(6-4-9)26(17,24)25/h3-8,12H,1-2H3,(H,22,23)(H2,17,24,25)(H2,18,19,20,21). The Morgan fingerprint density at radius 1 is 1.27 bits per heavy atom. The molecule has 1 unspecified atom stereocenters. The van der Waals surface area contributed by atoms with E-state index in [9.17, 15) is 18.3 Å². The zero-order chi connectivity index (χ0) is 19.5. The monoisotopic (exact) mass is 443 g/mol. The molecule has 140 valence electrons. The lowest BCUT2D eigenvalue weighted by atomic mass is 10.1. The maximum absolute atomic E-state index is 11.3. The Bertz CT molecular complexity index is 903. The second kappa shape index (κ2) is 7.98. The van der Waals surface area contributed by atoms with E-state index in [1.54, 1.807) is 13.8 Å². The maximum Gasteiger partial charge on any atom is 0.326 e. The molecule has 9 nitrogen and oxygen atoms in total. The van der Waals surface area contributed by atoms with E-state index in [1.165, 1.54) is 30.5 Å². The van der Waals surface area contributed by atoms with Gasteiger partial charge in [0.05, 0.1) is 9.37 Å². The average molecular weight is 444 g/mol. The number of aromatic nitrogens is 2. The van der Waals surface area contributed by atoms with Crippen LogP contribution in [0.3, 0.4) is 0 Å². The number of halogens is 1. The molecule has 0 radical (unpaired) electrons. The van der Waals surface area contributed by atoms with E-state index < -0.39 is 22.0 Å². The molecule has 11 heteroatoms. The number of hydrogen-bond donors (Lipinski definition) is 4. The van der Waals surface area contributed by atoms with Crippen molar-refractivity contribution in [3.63, 3.8) is 0 Å². The third kappa shape index (κ3) is 5.13. The Hall–Kier alpha value is -2.24. The summed E-state index contributed by atoms with van der Waals surface area (Å²) in [6.45, 7) is 3.57. The van der Waals surface area contributed by atoms with E-state index in [-0.39, 0.29) is 16.8 Å². The van der Waals surface area contributed by atoms with Crippen molar-refractivity contribution in [3.8, 4) is 0 Å². The SMILES string of the molecule is CC(C)C(Nc1nc(Nc2ccc(S(N)(=O)=O)cc2)ncc1Br)C(=O)O. The molecule has 0 amide bonds. The molecule has 0 saturated carbocycles. The number of primary sulfonamides is 1. The van der Waals surface area contributed by atoms with Gasteiger partial charge in [-0.05, 0) is 46.1 Å². The van der Waals surface area contributed by atoms with Crippen LogP contribution in [0.2, 0.25) is 0 Å². The van der Waals surface area contributed by atoms with Gasteiger partial charge in [0.2, 0.25) is 16.0 Å². The van der Waals surface area contributed by atoms with Gasteiger partial charge < -0.3 is 15.7 Å². The van der Waals surface area contributed by atoms with Crippen molar-refractivity contribution in [2.24, 2.45) is 11.1 Å². The number of carboxylic acids is 1. The summed E-state index contributed by atoms with van der Waals surface area (Å²) < 4.78 is 23.1. The van der Waals surface area contributed by atoms with Crippen LogP contribution >= 0.6 is 15.9 Å². The minimum Gasteiger partial charge on any atom is -0.480 e. The van der Waals surface area contributed by atoms with Crippen LogP contribution in [0.4, 0.5) is 17.5 Å². The average Bonchev–Trinajstić information content (AvgIpc) is 2.54. The van der Waals surface area contributed by atoms with E-state index in [0.29, 0.717) is 16.0 Å². The normalized spacial score (nSPS) is 12.7. The minimum atomic E-state index is -3.77. The molecule has 0 aliphatic rings. The van der Waals surface area contributed by atoms with Crippen LogP contribution in [-0.2, 0) is 14.8 Å². The summed E-state index contributed by atoms with van der Waals surface area (Å²) in [5.41, 5.74) is 0.546. The fourth-order valence-corrected chi connectivity index (χ4v) is 2.87. The Kier molecular flexibility index (Phi) is 6.16. The fraction of sp³-hybridized carbons (Fsp3) is 0.267. The molecule has 0 saturated heterocycles. The van der Waals surface area contributed by atoms with Crippen molar-refractivity contribution in [2.45, 2.75) is 24.8 Å². The van der Waals surface area contributed by atoms with Gasteiger partial charge in [0, 0.05) is 11.9 Å². The first-order valence-electron chi connectivity index (χ1n) is 7.49. The number of nitrogens with two attached hydrogens (primary N) is 1. The summed E-state index contributed by atoms with van der Waals surface area (Å²) >= 11 is 3.29. The van der Waals surface area contributed by atoms with Gasteiger partial charge in [0.25, 0.3) is 0 Å². The van der Waals surface area contributed by atoms with Gasteiger partial charge in [0.15, 0.2) is 0 Å². The first-order valence-corrected chi connectivity index (χ1v) is 9.83. The summed E-state index contributed by atoms with van der Waals surface area (Å²) in [4.78, 5) is 19.7. The topological polar surface area (TPSA) is 147 Å². The fourth-order valence-electron chi connectivity index (χ4n) is 2.05. The van der Waals surface area contributed by atoms with Crippen LogP contribution in [0.1, 0.15) is 13.8 Å². The van der Waals surface area contributed by atoms with E-state index >= 15 is 0 Å². The molecule has 1 heterocycles. The summed E-state index contributed by atoms with van der Waals surface area (Å²) in [5, 5.41) is 20.1. The molecule has 0 aliphatic carbocycles. The van der Waals surface area contributed by atoms with Gasteiger partial charge in [0.1, 0.15) is 11.9 Å². The zero-order valence-electron chi connectivity index (χ0n) is 14.0. The van der Waals surface area contributed by atoms with Gasteiger partial charge in [-0.3, -0.25) is 0 Å². The number of carboxylic acid groups (broad SMARTS) is 1. The number of rotatable bonds is 7. The highest BCUT2D eigenvalue weighted by Crippen LogP contribution is 2.24. The zero-order valence-corrected chi connectivity index (χ0v) is 16.4. The van der Waals surface area contributed by atoms with Crippen LogP contribution in [0, 0.1) is 5.92 Å². The Labute approximate surface area is 159 Å². The Morgan fingerprint density at radius 2 is 1.88 bits per heavy atom. The van der Waals surface area contributed by atoms with Crippen molar-refractivity contribution >= 4 is 49.4 Å². The lowest BCUT2D eigenvalue weighted by molar-refractivity contribution is -0.138. The van der Waals surface area contributed by atoms with Crippen molar-refractivity contribution in [3.05, 3.63) is 34.9 Å². The first kappa shape index (κ1) is 20.1. The summed E-state index contributed by atoms with van der Waals surface area (Å²) in [7, 11) is -3.77. The number of aliphatic carboxylic acids is 1. The number of benzene rings is 1. The highest BCUT2D eigenvalue weighted by Gasteiger charge is 2.22. The van der Waals surface area contributed by atoms with Crippen LogP contribution in [-0.4, -0.2) is 35.5 Å². The Balaban J connectivity index is 2.22. The predicted octanol–water partition coefficient (Wildman–Crippen LogP) is 2.15. The number of nitrogens with zero attached hydrogens (tertiary/aromatic N) is 2. The summed E-state index contributed by atoms with van der Waals surface area (Å²) in [5.74, 6) is -0.605. The van der Waals surface area contributed by atoms with Crippen LogP contribution < -0.4 is 15.8 Å². The largest absolute Gasteiger partial charge is 0.480 e. The molecular formula is C15H18BrN5O4S. The van der Waals surface area contributed by atoms with Crippen molar-refractivity contribution in [2.75, 3.05) is 10.6 Å². The molecule has 2 aromatic rings. The molecule has 2 rings (SSSR count). The molecule has 5 N–H and O–H groups in total. The van der Waals surface area contributed by atoms with E-state index in [4.69, 9.17) is 5.14 Å². The minimum absolute atomic E-state index is 0.0108. The molecule has 26 heavy (non-hydrogen) atoms. The molecule has 1 aromatic carbocycles. The second-order valence-electron chi connectivity index (χ2n) is 5.79. The maximum atomic E-state index is 11.3.